The minimum atomic E-state index is 0.571. The Bertz CT molecular complexity index is 820. The monoisotopic (exact) mass is 494 g/mol. The molecule has 2 aliphatic carbocycles. The molecular formula is C30H42N2O4. The van der Waals surface area contributed by atoms with E-state index in [9.17, 15) is 9.59 Å². The molecule has 0 N–H and O–H groups in total. The zero-order valence-corrected chi connectivity index (χ0v) is 22.3. The van der Waals surface area contributed by atoms with Crippen LogP contribution in [0.1, 0.15) is 85.9 Å². The van der Waals surface area contributed by atoms with E-state index in [2.05, 4.69) is 24.1 Å². The van der Waals surface area contributed by atoms with Gasteiger partial charge in [-0.2, -0.15) is 10.2 Å². The molecule has 6 heteroatoms. The van der Waals surface area contributed by atoms with Crippen molar-refractivity contribution in [3.05, 3.63) is 59.7 Å². The van der Waals surface area contributed by atoms with Crippen LogP contribution in [0.5, 0.6) is 0 Å². The lowest BCUT2D eigenvalue weighted by Gasteiger charge is -2.24. The average molecular weight is 495 g/mol. The summed E-state index contributed by atoms with van der Waals surface area (Å²) >= 11 is 0. The normalized spacial score (nSPS) is 23.6. The first-order valence-corrected chi connectivity index (χ1v) is 13.0. The van der Waals surface area contributed by atoms with Gasteiger partial charge in [0.25, 0.3) is 0 Å². The predicted molar refractivity (Wildman–Crippen MR) is 145 cm³/mol. The van der Waals surface area contributed by atoms with Gasteiger partial charge in [0.1, 0.15) is 12.6 Å². The molecular weight excluding hydrogens is 452 g/mol. The number of rotatable bonds is 6. The molecule has 2 fully saturated rings. The molecule has 2 aromatic carbocycles. The Hall–Kier alpha value is -2.70. The van der Waals surface area contributed by atoms with Gasteiger partial charge in [0, 0.05) is 25.3 Å². The predicted octanol–water partition coefficient (Wildman–Crippen LogP) is 8.15. The molecule has 0 atom stereocenters. The molecule has 36 heavy (non-hydrogen) atoms. The highest BCUT2D eigenvalue weighted by atomic mass is 16.5. The number of hydrogen-bond donors (Lipinski definition) is 0. The summed E-state index contributed by atoms with van der Waals surface area (Å²) in [4.78, 5) is 20.9. The van der Waals surface area contributed by atoms with E-state index in [1.165, 1.54) is 51.4 Å². The fourth-order valence-corrected chi connectivity index (χ4v) is 4.28. The summed E-state index contributed by atoms with van der Waals surface area (Å²) in [5, 5.41) is 8.06. The number of ether oxygens (including phenoxy) is 2. The molecule has 0 aliphatic heterocycles. The highest BCUT2D eigenvalue weighted by Gasteiger charge is 2.17. The van der Waals surface area contributed by atoms with Crippen LogP contribution in [0.4, 0.5) is 11.4 Å². The van der Waals surface area contributed by atoms with E-state index in [4.69, 9.17) is 9.47 Å². The van der Waals surface area contributed by atoms with Gasteiger partial charge < -0.3 is 9.47 Å². The summed E-state index contributed by atoms with van der Waals surface area (Å²) in [5.74, 6) is 1.88. The SMILES string of the molecule is COC1CCC(C)CC1.COC1CCC(C)CC1.O=Cc1ccc(N=Nc2ccc(C=O)cc2)cc1. The van der Waals surface area contributed by atoms with E-state index in [0.29, 0.717) is 34.7 Å². The third-order valence-electron chi connectivity index (χ3n) is 6.93. The van der Waals surface area contributed by atoms with Crippen LogP contribution in [0.2, 0.25) is 0 Å². The lowest BCUT2D eigenvalue weighted by atomic mass is 9.89. The van der Waals surface area contributed by atoms with E-state index < -0.39 is 0 Å². The van der Waals surface area contributed by atoms with Crippen LogP contribution in [0, 0.1) is 11.8 Å². The van der Waals surface area contributed by atoms with Crippen LogP contribution in [0.3, 0.4) is 0 Å². The Balaban J connectivity index is 0.000000212. The molecule has 2 saturated carbocycles. The summed E-state index contributed by atoms with van der Waals surface area (Å²) in [6, 6.07) is 13.6. The van der Waals surface area contributed by atoms with E-state index in [1.54, 1.807) is 48.5 Å². The smallest absolute Gasteiger partial charge is 0.150 e. The molecule has 4 rings (SSSR count). The molecule has 196 valence electrons. The summed E-state index contributed by atoms with van der Waals surface area (Å²) in [7, 11) is 3.64. The number of nitrogens with zero attached hydrogens (tertiary/aromatic N) is 2. The molecule has 0 aromatic heterocycles. The van der Waals surface area contributed by atoms with Crippen LogP contribution in [-0.4, -0.2) is 39.0 Å². The van der Waals surface area contributed by atoms with Crippen molar-refractivity contribution in [1.29, 1.82) is 0 Å². The van der Waals surface area contributed by atoms with Gasteiger partial charge >= 0.3 is 0 Å². The Morgan fingerprint density at radius 2 is 0.889 bits per heavy atom. The van der Waals surface area contributed by atoms with Crippen molar-refractivity contribution in [3.63, 3.8) is 0 Å². The number of carbonyl (C=O) groups excluding carboxylic acids is 2. The molecule has 2 aliphatic rings. The molecule has 0 heterocycles. The van der Waals surface area contributed by atoms with E-state index in [1.807, 2.05) is 14.2 Å². The Labute approximate surface area is 216 Å². The van der Waals surface area contributed by atoms with Gasteiger partial charge in [-0.15, -0.1) is 0 Å². The summed E-state index contributed by atoms with van der Waals surface area (Å²) in [6.07, 6.45) is 13.2. The first-order chi connectivity index (χ1) is 17.5. The van der Waals surface area contributed by atoms with Crippen molar-refractivity contribution in [2.24, 2.45) is 22.1 Å². The third kappa shape index (κ3) is 11.4. The zero-order chi connectivity index (χ0) is 26.2. The third-order valence-corrected chi connectivity index (χ3v) is 6.93. The molecule has 0 saturated heterocycles. The van der Waals surface area contributed by atoms with E-state index in [-0.39, 0.29) is 0 Å². The first-order valence-electron chi connectivity index (χ1n) is 13.0. The second-order valence-corrected chi connectivity index (χ2v) is 9.85. The van der Waals surface area contributed by atoms with Gasteiger partial charge in [-0.1, -0.05) is 13.8 Å². The van der Waals surface area contributed by atoms with E-state index in [0.717, 1.165) is 24.4 Å². The summed E-state index contributed by atoms with van der Waals surface area (Å²) < 4.78 is 10.5. The summed E-state index contributed by atoms with van der Waals surface area (Å²) in [5.41, 5.74) is 2.54. The molecule has 0 bridgehead atoms. The Morgan fingerprint density at radius 3 is 1.14 bits per heavy atom. The zero-order valence-electron chi connectivity index (χ0n) is 22.3. The maximum atomic E-state index is 10.5. The number of methoxy groups -OCH3 is 2. The van der Waals surface area contributed by atoms with Crippen molar-refractivity contribution in [2.75, 3.05) is 14.2 Å². The maximum Gasteiger partial charge on any atom is 0.150 e. The molecule has 0 radical (unpaired) electrons. The molecule has 2 aromatic rings. The van der Waals surface area contributed by atoms with Crippen molar-refractivity contribution in [1.82, 2.24) is 0 Å². The van der Waals surface area contributed by atoms with Gasteiger partial charge in [0.15, 0.2) is 0 Å². The van der Waals surface area contributed by atoms with Crippen molar-refractivity contribution >= 4 is 23.9 Å². The van der Waals surface area contributed by atoms with Crippen molar-refractivity contribution in [3.8, 4) is 0 Å². The van der Waals surface area contributed by atoms with Crippen LogP contribution in [0.25, 0.3) is 0 Å². The number of hydrogen-bond acceptors (Lipinski definition) is 6. The van der Waals surface area contributed by atoms with Gasteiger partial charge in [-0.3, -0.25) is 9.59 Å². The fraction of sp³-hybridized carbons (Fsp3) is 0.533. The minimum Gasteiger partial charge on any atom is -0.381 e. The average Bonchev–Trinajstić information content (AvgIpc) is 2.94. The number of azo groups is 1. The molecule has 0 unspecified atom stereocenters. The van der Waals surface area contributed by atoms with Crippen LogP contribution in [0.15, 0.2) is 58.8 Å². The minimum absolute atomic E-state index is 0.571. The maximum absolute atomic E-state index is 10.5. The van der Waals surface area contributed by atoms with Gasteiger partial charge in [0.05, 0.1) is 23.6 Å². The van der Waals surface area contributed by atoms with Gasteiger partial charge in [-0.25, -0.2) is 0 Å². The second kappa shape index (κ2) is 16.9. The van der Waals surface area contributed by atoms with Crippen LogP contribution < -0.4 is 0 Å². The van der Waals surface area contributed by atoms with Gasteiger partial charge in [0.2, 0.25) is 0 Å². The Morgan fingerprint density at radius 1 is 0.583 bits per heavy atom. The standard InChI is InChI=1S/C14H10N2O2.2C8H16O/c17-9-11-1-5-13(6-2-11)15-16-14-7-3-12(10-18)4-8-14;2*1-7-3-5-8(9-2)6-4-7/h1-10H;2*7-8H,3-6H2,1-2H3. The second-order valence-electron chi connectivity index (χ2n) is 9.85. The van der Waals surface area contributed by atoms with E-state index >= 15 is 0 Å². The Kier molecular flexibility index (Phi) is 13.8. The largest absolute Gasteiger partial charge is 0.381 e. The number of aldehydes is 2. The highest BCUT2D eigenvalue weighted by molar-refractivity contribution is 5.75. The fourth-order valence-electron chi connectivity index (χ4n) is 4.28. The van der Waals surface area contributed by atoms with Crippen LogP contribution >= 0.6 is 0 Å². The van der Waals surface area contributed by atoms with Gasteiger partial charge in [-0.05, 0) is 112 Å². The van der Waals surface area contributed by atoms with Crippen molar-refractivity contribution < 1.29 is 19.1 Å². The lowest BCUT2D eigenvalue weighted by molar-refractivity contribution is 0.0592. The molecule has 0 amide bonds. The lowest BCUT2D eigenvalue weighted by Crippen LogP contribution is -2.18. The quantitative estimate of drug-likeness (QED) is 0.300. The molecule has 0 spiro atoms. The first kappa shape index (κ1) is 29.5. The number of benzene rings is 2. The highest BCUT2D eigenvalue weighted by Crippen LogP contribution is 2.25. The number of carbonyl (C=O) groups is 2. The topological polar surface area (TPSA) is 77.3 Å². The summed E-state index contributed by atoms with van der Waals surface area (Å²) in [6.45, 7) is 4.65. The molecule has 6 nitrogen and oxygen atoms in total. The van der Waals surface area contributed by atoms with Crippen LogP contribution in [-0.2, 0) is 9.47 Å². The van der Waals surface area contributed by atoms with Crippen molar-refractivity contribution in [2.45, 2.75) is 77.4 Å².